The van der Waals surface area contributed by atoms with E-state index in [0.717, 1.165) is 56.0 Å². The van der Waals surface area contributed by atoms with E-state index in [9.17, 15) is 4.39 Å². The van der Waals surface area contributed by atoms with Gasteiger partial charge in [-0.3, -0.25) is 0 Å². The van der Waals surface area contributed by atoms with Crippen molar-refractivity contribution in [1.29, 1.82) is 0 Å². The molecule has 2 rings (SSSR count). The fourth-order valence-corrected chi connectivity index (χ4v) is 2.65. The van der Waals surface area contributed by atoms with Gasteiger partial charge in [0.15, 0.2) is 0 Å². The lowest BCUT2D eigenvalue weighted by molar-refractivity contribution is 0.129. The highest BCUT2D eigenvalue weighted by Gasteiger charge is 2.04. The van der Waals surface area contributed by atoms with Gasteiger partial charge in [-0.05, 0) is 49.2 Å². The van der Waals surface area contributed by atoms with Gasteiger partial charge in [-0.1, -0.05) is 43.1 Å². The van der Waals surface area contributed by atoms with Crippen molar-refractivity contribution < 1.29 is 13.9 Å². The number of hydrogen-bond acceptors (Lipinski definition) is 3. The Labute approximate surface area is 160 Å². The highest BCUT2D eigenvalue weighted by Crippen LogP contribution is 2.20. The quantitative estimate of drug-likeness (QED) is 0.504. The van der Waals surface area contributed by atoms with Crippen LogP contribution in [0.5, 0.6) is 5.75 Å². The number of halogens is 2. The van der Waals surface area contributed by atoms with Crippen LogP contribution in [0, 0.1) is 5.82 Å². The van der Waals surface area contributed by atoms with Gasteiger partial charge in [0.25, 0.3) is 0 Å². The molecule has 1 N–H and O–H groups in total. The molecular formula is C21H27ClFNO2. The van der Waals surface area contributed by atoms with E-state index >= 15 is 0 Å². The van der Waals surface area contributed by atoms with Gasteiger partial charge in [0, 0.05) is 25.3 Å². The molecule has 0 bridgehead atoms. The van der Waals surface area contributed by atoms with Crippen molar-refractivity contribution in [2.24, 2.45) is 0 Å². The molecule has 0 atom stereocenters. The van der Waals surface area contributed by atoms with Crippen LogP contribution in [-0.4, -0.2) is 19.8 Å². The zero-order chi connectivity index (χ0) is 18.6. The van der Waals surface area contributed by atoms with Gasteiger partial charge in [0.1, 0.15) is 18.2 Å². The van der Waals surface area contributed by atoms with Crippen molar-refractivity contribution >= 4 is 11.6 Å². The van der Waals surface area contributed by atoms with Crippen LogP contribution in [0.1, 0.15) is 37.3 Å². The van der Waals surface area contributed by atoms with Crippen LogP contribution < -0.4 is 10.1 Å². The number of unbranched alkanes of at least 4 members (excludes halogenated alkanes) is 1. The van der Waals surface area contributed by atoms with Gasteiger partial charge in [-0.15, -0.1) is 0 Å². The maximum absolute atomic E-state index is 13.1. The molecule has 142 valence electrons. The summed E-state index contributed by atoms with van der Waals surface area (Å²) in [6, 6.07) is 12.3. The Balaban J connectivity index is 1.70. The molecule has 0 saturated carbocycles. The molecule has 0 aliphatic carbocycles. The lowest BCUT2D eigenvalue weighted by Gasteiger charge is -2.10. The molecule has 26 heavy (non-hydrogen) atoms. The van der Waals surface area contributed by atoms with Gasteiger partial charge < -0.3 is 14.8 Å². The van der Waals surface area contributed by atoms with Crippen LogP contribution in [0.2, 0.25) is 5.02 Å². The van der Waals surface area contributed by atoms with Gasteiger partial charge >= 0.3 is 0 Å². The van der Waals surface area contributed by atoms with Crippen LogP contribution >= 0.6 is 11.6 Å². The first kappa shape index (κ1) is 20.7. The minimum absolute atomic E-state index is 0.311. The van der Waals surface area contributed by atoms with Crippen molar-refractivity contribution in [3.05, 3.63) is 64.4 Å². The Morgan fingerprint density at radius 2 is 1.92 bits per heavy atom. The second kappa shape index (κ2) is 11.9. The molecule has 0 unspecified atom stereocenters. The molecule has 0 fully saturated rings. The summed E-state index contributed by atoms with van der Waals surface area (Å²) in [7, 11) is 0. The number of benzene rings is 2. The average molecular weight is 380 g/mol. The van der Waals surface area contributed by atoms with Gasteiger partial charge in [-0.25, -0.2) is 4.39 Å². The first-order chi connectivity index (χ1) is 12.7. The molecule has 2 aromatic rings. The second-order valence-corrected chi connectivity index (χ2v) is 6.58. The van der Waals surface area contributed by atoms with Crippen molar-refractivity contribution in [2.75, 3.05) is 19.8 Å². The van der Waals surface area contributed by atoms with Gasteiger partial charge in [-0.2, -0.15) is 0 Å². The van der Waals surface area contributed by atoms with E-state index in [2.05, 4.69) is 18.3 Å². The van der Waals surface area contributed by atoms with Crippen LogP contribution in [0.25, 0.3) is 0 Å². The molecule has 0 aliphatic rings. The second-order valence-electron chi connectivity index (χ2n) is 6.17. The van der Waals surface area contributed by atoms with Crippen LogP contribution in [0.4, 0.5) is 4.39 Å². The summed E-state index contributed by atoms with van der Waals surface area (Å²) >= 11 is 6.02. The summed E-state index contributed by atoms with van der Waals surface area (Å²) in [5.41, 5.74) is 1.92. The maximum Gasteiger partial charge on any atom is 0.124 e. The predicted molar refractivity (Wildman–Crippen MR) is 104 cm³/mol. The van der Waals surface area contributed by atoms with Crippen LogP contribution in [0.15, 0.2) is 42.5 Å². The Kier molecular flexibility index (Phi) is 9.46. The molecule has 0 aromatic heterocycles. The minimum atomic E-state index is -0.345. The summed E-state index contributed by atoms with van der Waals surface area (Å²) in [6.07, 6.45) is 3.30. The third-order valence-corrected chi connectivity index (χ3v) is 4.27. The van der Waals surface area contributed by atoms with E-state index < -0.39 is 0 Å². The topological polar surface area (TPSA) is 30.5 Å². The lowest BCUT2D eigenvalue weighted by atomic mass is 10.2. The molecule has 2 aromatic carbocycles. The Morgan fingerprint density at radius 3 is 2.73 bits per heavy atom. The third kappa shape index (κ3) is 7.73. The van der Waals surface area contributed by atoms with E-state index in [1.807, 2.05) is 18.2 Å². The van der Waals surface area contributed by atoms with E-state index in [0.29, 0.717) is 11.6 Å². The fraction of sp³-hybridized carbons (Fsp3) is 0.429. The largest absolute Gasteiger partial charge is 0.489 e. The standard InChI is InChI=1S/C21H27ClFNO2/c1-2-3-11-25-12-5-10-24-15-17-6-4-7-20(13-17)26-16-18-8-9-19(23)14-21(18)22/h4,6-9,13-14,24H,2-3,5,10-12,15-16H2,1H3. The van der Waals surface area contributed by atoms with Gasteiger partial charge in [0.2, 0.25) is 0 Å². The predicted octanol–water partition coefficient (Wildman–Crippen LogP) is 5.35. The molecule has 3 nitrogen and oxygen atoms in total. The van der Waals surface area contributed by atoms with E-state index in [-0.39, 0.29) is 5.82 Å². The minimum Gasteiger partial charge on any atom is -0.489 e. The van der Waals surface area contributed by atoms with Crippen molar-refractivity contribution in [1.82, 2.24) is 5.32 Å². The lowest BCUT2D eigenvalue weighted by Crippen LogP contribution is -2.16. The summed E-state index contributed by atoms with van der Waals surface area (Å²) < 4.78 is 24.4. The molecule has 0 spiro atoms. The summed E-state index contributed by atoms with van der Waals surface area (Å²) in [4.78, 5) is 0. The molecule has 0 saturated heterocycles. The smallest absolute Gasteiger partial charge is 0.124 e. The highest BCUT2D eigenvalue weighted by molar-refractivity contribution is 6.31. The number of nitrogens with one attached hydrogen (secondary N) is 1. The number of rotatable bonds is 12. The molecule has 0 radical (unpaired) electrons. The Bertz CT molecular complexity index is 666. The van der Waals surface area contributed by atoms with Crippen molar-refractivity contribution in [2.45, 2.75) is 39.3 Å². The van der Waals surface area contributed by atoms with Crippen molar-refractivity contribution in [3.8, 4) is 5.75 Å². The molecule has 0 heterocycles. The Hall–Kier alpha value is -1.62. The molecule has 5 heteroatoms. The van der Waals surface area contributed by atoms with Crippen molar-refractivity contribution in [3.63, 3.8) is 0 Å². The molecule has 0 aliphatic heterocycles. The zero-order valence-corrected chi connectivity index (χ0v) is 16.0. The number of hydrogen-bond donors (Lipinski definition) is 1. The number of ether oxygens (including phenoxy) is 2. The van der Waals surface area contributed by atoms with E-state index in [1.54, 1.807) is 6.07 Å². The fourth-order valence-electron chi connectivity index (χ4n) is 2.43. The SMILES string of the molecule is CCCCOCCCNCc1cccc(OCc2ccc(F)cc2Cl)c1. The highest BCUT2D eigenvalue weighted by atomic mass is 35.5. The normalized spacial score (nSPS) is 10.9. The first-order valence-corrected chi connectivity index (χ1v) is 9.51. The van der Waals surface area contributed by atoms with E-state index in [4.69, 9.17) is 21.1 Å². The average Bonchev–Trinajstić information content (AvgIpc) is 2.63. The summed E-state index contributed by atoms with van der Waals surface area (Å²) in [6.45, 7) is 5.83. The zero-order valence-electron chi connectivity index (χ0n) is 15.3. The molecule has 0 amide bonds. The van der Waals surface area contributed by atoms with Crippen LogP contribution in [-0.2, 0) is 17.9 Å². The van der Waals surface area contributed by atoms with E-state index in [1.165, 1.54) is 18.6 Å². The van der Waals surface area contributed by atoms with Crippen LogP contribution in [0.3, 0.4) is 0 Å². The summed E-state index contributed by atoms with van der Waals surface area (Å²) in [5, 5.41) is 3.79. The summed E-state index contributed by atoms with van der Waals surface area (Å²) in [5.74, 6) is 0.426. The maximum atomic E-state index is 13.1. The first-order valence-electron chi connectivity index (χ1n) is 9.13. The molecular weight excluding hydrogens is 353 g/mol. The third-order valence-electron chi connectivity index (χ3n) is 3.92. The Morgan fingerprint density at radius 1 is 1.08 bits per heavy atom. The monoisotopic (exact) mass is 379 g/mol. The van der Waals surface area contributed by atoms with Gasteiger partial charge in [0.05, 0.1) is 5.02 Å².